The Labute approximate surface area is 118 Å². The SMILES string of the molecule is CCSCCOc1cccc(Cl)c1CNC1CC1. The Kier molecular flexibility index (Phi) is 5.67. The van der Waals surface area contributed by atoms with Crippen molar-refractivity contribution in [3.8, 4) is 5.75 Å². The summed E-state index contributed by atoms with van der Waals surface area (Å²) in [4.78, 5) is 0. The number of hydrogen-bond acceptors (Lipinski definition) is 3. The van der Waals surface area contributed by atoms with Gasteiger partial charge in [-0.2, -0.15) is 11.8 Å². The van der Waals surface area contributed by atoms with Crippen LogP contribution in [0, 0.1) is 0 Å². The maximum atomic E-state index is 6.25. The van der Waals surface area contributed by atoms with E-state index in [9.17, 15) is 0 Å². The summed E-state index contributed by atoms with van der Waals surface area (Å²) < 4.78 is 5.83. The molecule has 1 aromatic rings. The Morgan fingerprint density at radius 1 is 1.44 bits per heavy atom. The van der Waals surface area contributed by atoms with Crippen LogP contribution < -0.4 is 10.1 Å². The maximum Gasteiger partial charge on any atom is 0.125 e. The van der Waals surface area contributed by atoms with Crippen LogP contribution in [-0.4, -0.2) is 24.2 Å². The van der Waals surface area contributed by atoms with Gasteiger partial charge in [0.2, 0.25) is 0 Å². The molecule has 2 rings (SSSR count). The van der Waals surface area contributed by atoms with Gasteiger partial charge in [0.25, 0.3) is 0 Å². The molecule has 100 valence electrons. The van der Waals surface area contributed by atoms with Crippen LogP contribution >= 0.6 is 23.4 Å². The van der Waals surface area contributed by atoms with E-state index < -0.39 is 0 Å². The molecule has 0 atom stereocenters. The first-order valence-electron chi connectivity index (χ1n) is 6.52. The van der Waals surface area contributed by atoms with E-state index in [0.717, 1.165) is 41.0 Å². The zero-order valence-corrected chi connectivity index (χ0v) is 12.3. The number of nitrogens with one attached hydrogen (secondary N) is 1. The highest BCUT2D eigenvalue weighted by Gasteiger charge is 2.21. The van der Waals surface area contributed by atoms with Crippen LogP contribution in [0.1, 0.15) is 25.3 Å². The summed E-state index contributed by atoms with van der Waals surface area (Å²) >= 11 is 8.14. The molecule has 1 aromatic carbocycles. The summed E-state index contributed by atoms with van der Waals surface area (Å²) in [7, 11) is 0. The quantitative estimate of drug-likeness (QED) is 0.736. The lowest BCUT2D eigenvalue weighted by molar-refractivity contribution is 0.339. The van der Waals surface area contributed by atoms with Crippen molar-refractivity contribution in [2.75, 3.05) is 18.1 Å². The zero-order valence-electron chi connectivity index (χ0n) is 10.7. The van der Waals surface area contributed by atoms with Crippen molar-refractivity contribution in [1.29, 1.82) is 0 Å². The number of hydrogen-bond donors (Lipinski definition) is 1. The average molecular weight is 286 g/mol. The van der Waals surface area contributed by atoms with E-state index in [4.69, 9.17) is 16.3 Å². The lowest BCUT2D eigenvalue weighted by atomic mass is 10.2. The van der Waals surface area contributed by atoms with Gasteiger partial charge in [-0.25, -0.2) is 0 Å². The smallest absolute Gasteiger partial charge is 0.125 e. The Morgan fingerprint density at radius 2 is 2.28 bits per heavy atom. The molecule has 1 aliphatic carbocycles. The molecule has 0 saturated heterocycles. The average Bonchev–Trinajstić information content (AvgIpc) is 3.18. The maximum absolute atomic E-state index is 6.25. The fraction of sp³-hybridized carbons (Fsp3) is 0.571. The normalized spacial score (nSPS) is 14.8. The predicted octanol–water partition coefficient (Wildman–Crippen LogP) is 3.72. The second kappa shape index (κ2) is 7.27. The number of benzene rings is 1. The number of rotatable bonds is 8. The zero-order chi connectivity index (χ0) is 12.8. The van der Waals surface area contributed by atoms with Gasteiger partial charge in [0.1, 0.15) is 5.75 Å². The molecule has 0 unspecified atom stereocenters. The fourth-order valence-electron chi connectivity index (χ4n) is 1.73. The van der Waals surface area contributed by atoms with Gasteiger partial charge in [0.05, 0.1) is 6.61 Å². The molecule has 0 aliphatic heterocycles. The van der Waals surface area contributed by atoms with Crippen molar-refractivity contribution in [2.45, 2.75) is 32.4 Å². The highest BCUT2D eigenvalue weighted by Crippen LogP contribution is 2.28. The lowest BCUT2D eigenvalue weighted by Gasteiger charge is -2.13. The highest BCUT2D eigenvalue weighted by atomic mass is 35.5. The van der Waals surface area contributed by atoms with Crippen LogP contribution in [0.3, 0.4) is 0 Å². The van der Waals surface area contributed by atoms with E-state index in [1.54, 1.807) is 0 Å². The first kappa shape index (κ1) is 14.0. The molecule has 1 saturated carbocycles. The molecule has 0 aromatic heterocycles. The van der Waals surface area contributed by atoms with Crippen molar-refractivity contribution in [3.05, 3.63) is 28.8 Å². The van der Waals surface area contributed by atoms with Crippen molar-refractivity contribution < 1.29 is 4.74 Å². The van der Waals surface area contributed by atoms with Crippen LogP contribution in [0.4, 0.5) is 0 Å². The van der Waals surface area contributed by atoms with Crippen LogP contribution in [-0.2, 0) is 6.54 Å². The molecule has 1 fully saturated rings. The van der Waals surface area contributed by atoms with Crippen molar-refractivity contribution in [2.24, 2.45) is 0 Å². The standard InChI is InChI=1S/C14H20ClNOS/c1-2-18-9-8-17-14-5-3-4-13(15)12(14)10-16-11-6-7-11/h3-5,11,16H,2,6-10H2,1H3. The summed E-state index contributed by atoms with van der Waals surface area (Å²) in [6.45, 7) is 3.71. The Bertz CT molecular complexity index is 382. The fourth-order valence-corrected chi connectivity index (χ4v) is 2.46. The monoisotopic (exact) mass is 285 g/mol. The third-order valence-corrected chi connectivity index (χ3v) is 4.13. The van der Waals surface area contributed by atoms with Crippen molar-refractivity contribution >= 4 is 23.4 Å². The summed E-state index contributed by atoms with van der Waals surface area (Å²) in [5.41, 5.74) is 1.09. The van der Waals surface area contributed by atoms with E-state index in [1.807, 2.05) is 30.0 Å². The Morgan fingerprint density at radius 3 is 3.00 bits per heavy atom. The van der Waals surface area contributed by atoms with E-state index in [0.29, 0.717) is 6.04 Å². The van der Waals surface area contributed by atoms with Gasteiger partial charge >= 0.3 is 0 Å². The Hall–Kier alpha value is -0.380. The van der Waals surface area contributed by atoms with Gasteiger partial charge in [-0.15, -0.1) is 0 Å². The second-order valence-electron chi connectivity index (χ2n) is 4.42. The van der Waals surface area contributed by atoms with Gasteiger partial charge in [-0.05, 0) is 30.7 Å². The third-order valence-electron chi connectivity index (χ3n) is 2.91. The van der Waals surface area contributed by atoms with Crippen LogP contribution in [0.2, 0.25) is 5.02 Å². The highest BCUT2D eigenvalue weighted by molar-refractivity contribution is 7.99. The van der Waals surface area contributed by atoms with Gasteiger partial charge in [-0.3, -0.25) is 0 Å². The van der Waals surface area contributed by atoms with Gasteiger partial charge in [-0.1, -0.05) is 24.6 Å². The third kappa shape index (κ3) is 4.38. The van der Waals surface area contributed by atoms with Crippen LogP contribution in [0.15, 0.2) is 18.2 Å². The predicted molar refractivity (Wildman–Crippen MR) is 79.8 cm³/mol. The molecule has 1 N–H and O–H groups in total. The Balaban J connectivity index is 1.91. The molecule has 0 amide bonds. The summed E-state index contributed by atoms with van der Waals surface area (Å²) in [6.07, 6.45) is 2.57. The minimum atomic E-state index is 0.685. The van der Waals surface area contributed by atoms with Gasteiger partial charge in [0, 0.05) is 28.9 Å². The molecular weight excluding hydrogens is 266 g/mol. The van der Waals surface area contributed by atoms with Gasteiger partial charge < -0.3 is 10.1 Å². The minimum absolute atomic E-state index is 0.685. The van der Waals surface area contributed by atoms with Crippen molar-refractivity contribution in [1.82, 2.24) is 5.32 Å². The van der Waals surface area contributed by atoms with Gasteiger partial charge in [0.15, 0.2) is 0 Å². The molecule has 18 heavy (non-hydrogen) atoms. The first-order chi connectivity index (χ1) is 8.81. The minimum Gasteiger partial charge on any atom is -0.492 e. The largest absolute Gasteiger partial charge is 0.492 e. The van der Waals surface area contributed by atoms with Crippen LogP contribution in [0.25, 0.3) is 0 Å². The molecule has 0 heterocycles. The van der Waals surface area contributed by atoms with E-state index in [2.05, 4.69) is 12.2 Å². The topological polar surface area (TPSA) is 21.3 Å². The summed E-state index contributed by atoms with van der Waals surface area (Å²) in [5, 5.41) is 4.28. The molecule has 2 nitrogen and oxygen atoms in total. The van der Waals surface area contributed by atoms with Crippen LogP contribution in [0.5, 0.6) is 5.75 Å². The number of thioether (sulfide) groups is 1. The van der Waals surface area contributed by atoms with E-state index >= 15 is 0 Å². The molecular formula is C14H20ClNOS. The first-order valence-corrected chi connectivity index (χ1v) is 8.06. The van der Waals surface area contributed by atoms with Crippen molar-refractivity contribution in [3.63, 3.8) is 0 Å². The molecule has 1 aliphatic rings. The lowest BCUT2D eigenvalue weighted by Crippen LogP contribution is -2.16. The number of halogens is 1. The molecule has 0 bridgehead atoms. The molecule has 0 radical (unpaired) electrons. The summed E-state index contributed by atoms with van der Waals surface area (Å²) in [5.74, 6) is 3.08. The summed E-state index contributed by atoms with van der Waals surface area (Å²) in [6, 6.07) is 6.57. The van der Waals surface area contributed by atoms with E-state index in [-0.39, 0.29) is 0 Å². The second-order valence-corrected chi connectivity index (χ2v) is 6.22. The van der Waals surface area contributed by atoms with E-state index in [1.165, 1.54) is 12.8 Å². The molecule has 4 heteroatoms. The number of ether oxygens (including phenoxy) is 1. The molecule has 0 spiro atoms.